The molecule has 1 amide bonds. The van der Waals surface area contributed by atoms with Crippen LogP contribution in [0.2, 0.25) is 0 Å². The van der Waals surface area contributed by atoms with Gasteiger partial charge in [0.15, 0.2) is 0 Å². The number of carbonyl (C=O) groups is 1. The van der Waals surface area contributed by atoms with Crippen LogP contribution in [0.15, 0.2) is 36.4 Å². The minimum Gasteiger partial charge on any atom is -0.490 e. The van der Waals surface area contributed by atoms with E-state index in [1.807, 2.05) is 32.9 Å². The first-order valence-corrected chi connectivity index (χ1v) is 10.2. The van der Waals surface area contributed by atoms with Gasteiger partial charge in [0.25, 0.3) is 0 Å². The van der Waals surface area contributed by atoms with Gasteiger partial charge in [-0.15, -0.1) is 0 Å². The summed E-state index contributed by atoms with van der Waals surface area (Å²) in [6.45, 7) is 8.12. The fourth-order valence-corrected chi connectivity index (χ4v) is 4.19. The number of hydrogen-bond acceptors (Lipinski definition) is 2. The van der Waals surface area contributed by atoms with Crippen LogP contribution in [-0.4, -0.2) is 12.0 Å². The highest BCUT2D eigenvalue weighted by atomic mass is 19.1. The molecule has 2 aromatic carbocycles. The van der Waals surface area contributed by atoms with Crippen LogP contribution in [0.3, 0.4) is 0 Å². The Bertz CT molecular complexity index is 832. The zero-order valence-electron chi connectivity index (χ0n) is 17.3. The molecule has 1 N–H and O–H groups in total. The Morgan fingerprint density at radius 3 is 2.36 bits per heavy atom. The number of anilines is 1. The Morgan fingerprint density at radius 2 is 1.79 bits per heavy atom. The van der Waals surface area contributed by atoms with E-state index >= 15 is 0 Å². The van der Waals surface area contributed by atoms with Crippen molar-refractivity contribution in [3.63, 3.8) is 0 Å². The summed E-state index contributed by atoms with van der Waals surface area (Å²) in [6, 6.07) is 10.5. The average Bonchev–Trinajstić information content (AvgIpc) is 3.16. The molecule has 1 saturated carbocycles. The van der Waals surface area contributed by atoms with Gasteiger partial charge in [-0.25, -0.2) is 4.39 Å². The number of rotatable bonds is 6. The van der Waals surface area contributed by atoms with Crippen molar-refractivity contribution in [1.29, 1.82) is 0 Å². The molecule has 1 fully saturated rings. The minimum atomic E-state index is -0.793. The number of ether oxygens (including phenoxy) is 1. The van der Waals surface area contributed by atoms with Crippen molar-refractivity contribution in [2.24, 2.45) is 0 Å². The predicted octanol–water partition coefficient (Wildman–Crippen LogP) is 6.07. The highest BCUT2D eigenvalue weighted by Crippen LogP contribution is 2.43. The maximum Gasteiger partial charge on any atom is 0.235 e. The molecular weight excluding hydrogens is 353 g/mol. The number of benzene rings is 2. The average molecular weight is 384 g/mol. The van der Waals surface area contributed by atoms with E-state index in [9.17, 15) is 9.18 Å². The molecule has 1 atom stereocenters. The molecule has 0 heterocycles. The molecule has 0 bridgehead atoms. The van der Waals surface area contributed by atoms with Gasteiger partial charge in [0, 0.05) is 11.3 Å². The first kappa shape index (κ1) is 20.4. The highest BCUT2D eigenvalue weighted by Gasteiger charge is 2.44. The molecule has 1 unspecified atom stereocenters. The molecule has 3 nitrogen and oxygen atoms in total. The second-order valence-corrected chi connectivity index (χ2v) is 8.00. The van der Waals surface area contributed by atoms with E-state index in [0.29, 0.717) is 18.4 Å². The van der Waals surface area contributed by atoms with Crippen molar-refractivity contribution in [1.82, 2.24) is 0 Å². The van der Waals surface area contributed by atoms with Crippen molar-refractivity contribution < 1.29 is 13.9 Å². The lowest BCUT2D eigenvalue weighted by molar-refractivity contribution is -0.121. The van der Waals surface area contributed by atoms with E-state index in [2.05, 4.69) is 12.2 Å². The summed E-state index contributed by atoms with van der Waals surface area (Å²) in [4.78, 5) is 13.3. The fourth-order valence-electron chi connectivity index (χ4n) is 4.19. The van der Waals surface area contributed by atoms with Gasteiger partial charge in [-0.3, -0.25) is 4.79 Å². The Hall–Kier alpha value is -2.36. The Labute approximate surface area is 167 Å². The smallest absolute Gasteiger partial charge is 0.235 e. The summed E-state index contributed by atoms with van der Waals surface area (Å²) in [5, 5.41) is 3.07. The number of hydrogen-bond donors (Lipinski definition) is 1. The van der Waals surface area contributed by atoms with Crippen molar-refractivity contribution in [3.8, 4) is 5.75 Å². The third kappa shape index (κ3) is 3.91. The lowest BCUT2D eigenvalue weighted by atomic mass is 9.77. The topological polar surface area (TPSA) is 38.3 Å². The summed E-state index contributed by atoms with van der Waals surface area (Å²) in [6.07, 6.45) is 4.28. The molecule has 4 heteroatoms. The van der Waals surface area contributed by atoms with Crippen LogP contribution in [0.4, 0.5) is 10.1 Å². The largest absolute Gasteiger partial charge is 0.490 e. The maximum absolute atomic E-state index is 14.5. The van der Waals surface area contributed by atoms with Gasteiger partial charge in [0.2, 0.25) is 5.91 Å². The SMILES string of the molecule is CCC(C)Oc1c(C)cc(NC(=O)C2(c3ccccc3F)CCCC2)cc1C. The van der Waals surface area contributed by atoms with E-state index in [-0.39, 0.29) is 17.8 Å². The number of halogens is 1. The summed E-state index contributed by atoms with van der Waals surface area (Å²) in [5.74, 6) is 0.450. The second kappa shape index (κ2) is 8.34. The van der Waals surface area contributed by atoms with Gasteiger partial charge in [-0.05, 0) is 69.4 Å². The predicted molar refractivity (Wildman–Crippen MR) is 111 cm³/mol. The summed E-state index contributed by atoms with van der Waals surface area (Å²) >= 11 is 0. The monoisotopic (exact) mass is 383 g/mol. The van der Waals surface area contributed by atoms with Crippen molar-refractivity contribution in [2.75, 3.05) is 5.32 Å². The van der Waals surface area contributed by atoms with Gasteiger partial charge in [0.05, 0.1) is 11.5 Å². The van der Waals surface area contributed by atoms with E-state index < -0.39 is 5.41 Å². The number of nitrogens with one attached hydrogen (secondary N) is 1. The number of aryl methyl sites for hydroxylation is 2. The molecule has 0 radical (unpaired) electrons. The Balaban J connectivity index is 1.88. The van der Waals surface area contributed by atoms with Crippen LogP contribution in [-0.2, 0) is 10.2 Å². The van der Waals surface area contributed by atoms with E-state index in [1.54, 1.807) is 18.2 Å². The highest BCUT2D eigenvalue weighted by molar-refractivity contribution is 5.99. The fraction of sp³-hybridized carbons (Fsp3) is 0.458. The van der Waals surface area contributed by atoms with Crippen LogP contribution >= 0.6 is 0 Å². The second-order valence-electron chi connectivity index (χ2n) is 8.00. The molecule has 3 rings (SSSR count). The Kier molecular flexibility index (Phi) is 6.07. The molecule has 0 aromatic heterocycles. The van der Waals surface area contributed by atoms with E-state index in [0.717, 1.165) is 41.8 Å². The minimum absolute atomic E-state index is 0.121. The lowest BCUT2D eigenvalue weighted by Gasteiger charge is -2.29. The van der Waals surface area contributed by atoms with E-state index in [4.69, 9.17) is 4.74 Å². The molecule has 0 saturated heterocycles. The molecule has 0 spiro atoms. The molecule has 0 aliphatic heterocycles. The maximum atomic E-state index is 14.5. The van der Waals surface area contributed by atoms with Crippen LogP contribution in [0.1, 0.15) is 62.6 Å². The summed E-state index contributed by atoms with van der Waals surface area (Å²) in [7, 11) is 0. The summed E-state index contributed by atoms with van der Waals surface area (Å²) < 4.78 is 20.6. The first-order valence-electron chi connectivity index (χ1n) is 10.2. The molecule has 2 aromatic rings. The molecule has 1 aliphatic carbocycles. The van der Waals surface area contributed by atoms with Gasteiger partial charge in [-0.1, -0.05) is 38.0 Å². The molecule has 150 valence electrons. The van der Waals surface area contributed by atoms with Gasteiger partial charge in [-0.2, -0.15) is 0 Å². The van der Waals surface area contributed by atoms with Crippen LogP contribution in [0.5, 0.6) is 5.75 Å². The number of amides is 1. The third-order valence-corrected chi connectivity index (χ3v) is 5.89. The normalized spacial score (nSPS) is 16.6. The quantitative estimate of drug-likeness (QED) is 0.657. The lowest BCUT2D eigenvalue weighted by Crippen LogP contribution is -2.38. The van der Waals surface area contributed by atoms with Crippen LogP contribution in [0.25, 0.3) is 0 Å². The van der Waals surface area contributed by atoms with Crippen molar-refractivity contribution in [2.45, 2.75) is 71.3 Å². The Morgan fingerprint density at radius 1 is 1.18 bits per heavy atom. The third-order valence-electron chi connectivity index (χ3n) is 5.89. The van der Waals surface area contributed by atoms with Crippen molar-refractivity contribution in [3.05, 3.63) is 58.9 Å². The van der Waals surface area contributed by atoms with E-state index in [1.165, 1.54) is 6.07 Å². The zero-order chi connectivity index (χ0) is 20.3. The van der Waals surface area contributed by atoms with Gasteiger partial charge >= 0.3 is 0 Å². The van der Waals surface area contributed by atoms with Crippen LogP contribution in [0, 0.1) is 19.7 Å². The van der Waals surface area contributed by atoms with Gasteiger partial charge < -0.3 is 10.1 Å². The first-order chi connectivity index (χ1) is 13.4. The van der Waals surface area contributed by atoms with Gasteiger partial charge in [0.1, 0.15) is 11.6 Å². The van der Waals surface area contributed by atoms with Crippen molar-refractivity contribution >= 4 is 11.6 Å². The standard InChI is InChI=1S/C24H30FNO2/c1-5-18(4)28-22-16(2)14-19(15-17(22)3)26-23(27)24(12-8-9-13-24)20-10-6-7-11-21(20)25/h6-7,10-11,14-15,18H,5,8-9,12-13H2,1-4H3,(H,26,27). The molecule has 1 aliphatic rings. The summed E-state index contributed by atoms with van der Waals surface area (Å²) in [5.41, 5.74) is 2.43. The zero-order valence-corrected chi connectivity index (χ0v) is 17.3. The molecular formula is C24H30FNO2. The van der Waals surface area contributed by atoms with Crippen LogP contribution < -0.4 is 10.1 Å². The molecule has 28 heavy (non-hydrogen) atoms. The number of carbonyl (C=O) groups excluding carboxylic acids is 1.